The second-order valence-corrected chi connectivity index (χ2v) is 5.92. The second-order valence-electron chi connectivity index (χ2n) is 4.17. The molecule has 90 valence electrons. The van der Waals surface area contributed by atoms with Crippen molar-refractivity contribution in [3.05, 3.63) is 33.5 Å². The highest BCUT2D eigenvalue weighted by molar-refractivity contribution is 9.10. The van der Waals surface area contributed by atoms with Gasteiger partial charge in [-0.3, -0.25) is 4.98 Å². The van der Waals surface area contributed by atoms with Gasteiger partial charge >= 0.3 is 0 Å². The Bertz CT molecular complexity index is 490. The van der Waals surface area contributed by atoms with Crippen LogP contribution in [-0.4, -0.2) is 9.97 Å². The number of aromatic nitrogens is 2. The third-order valence-corrected chi connectivity index (χ3v) is 4.03. The average molecular weight is 313 g/mol. The van der Waals surface area contributed by atoms with Gasteiger partial charge < -0.3 is 11.1 Å². The van der Waals surface area contributed by atoms with E-state index in [9.17, 15) is 0 Å². The van der Waals surface area contributed by atoms with E-state index in [1.165, 1.54) is 0 Å². The van der Waals surface area contributed by atoms with Gasteiger partial charge in [0.2, 0.25) is 0 Å². The summed E-state index contributed by atoms with van der Waals surface area (Å²) < 4.78 is 0.849. The highest BCUT2D eigenvalue weighted by Gasteiger charge is 2.24. The SMILES string of the molecule is CC(C)(Nc1c(N)cncc1Br)c1nccs1. The Balaban J connectivity index is 2.32. The molecule has 3 N–H and O–H groups in total. The lowest BCUT2D eigenvalue weighted by Crippen LogP contribution is -2.28. The third kappa shape index (κ3) is 2.58. The van der Waals surface area contributed by atoms with Crippen molar-refractivity contribution in [2.75, 3.05) is 11.1 Å². The number of anilines is 2. The predicted octanol–water partition coefficient (Wildman–Crippen LogP) is 3.23. The summed E-state index contributed by atoms with van der Waals surface area (Å²) in [6, 6.07) is 0. The van der Waals surface area contributed by atoms with E-state index >= 15 is 0 Å². The Morgan fingerprint density at radius 2 is 2.18 bits per heavy atom. The van der Waals surface area contributed by atoms with Crippen LogP contribution in [0.3, 0.4) is 0 Å². The number of nitrogens with zero attached hydrogens (tertiary/aromatic N) is 2. The maximum Gasteiger partial charge on any atom is 0.117 e. The lowest BCUT2D eigenvalue weighted by molar-refractivity contribution is 0.604. The van der Waals surface area contributed by atoms with Gasteiger partial charge in [0.15, 0.2) is 0 Å². The van der Waals surface area contributed by atoms with Crippen LogP contribution >= 0.6 is 27.3 Å². The molecule has 0 aliphatic carbocycles. The quantitative estimate of drug-likeness (QED) is 0.913. The molecule has 0 aliphatic rings. The smallest absolute Gasteiger partial charge is 0.117 e. The fourth-order valence-electron chi connectivity index (χ4n) is 1.48. The van der Waals surface area contributed by atoms with Gasteiger partial charge in [0, 0.05) is 17.8 Å². The van der Waals surface area contributed by atoms with Crippen molar-refractivity contribution in [2.45, 2.75) is 19.4 Å². The first-order valence-electron chi connectivity index (χ1n) is 5.08. The van der Waals surface area contributed by atoms with E-state index in [-0.39, 0.29) is 5.54 Å². The fraction of sp³-hybridized carbons (Fsp3) is 0.273. The standard InChI is InChI=1S/C11H13BrN4S/c1-11(2,10-15-3-4-17-10)16-9-7(12)5-14-6-8(9)13/h3-6H,13H2,1-2H3,(H,14,16). The lowest BCUT2D eigenvalue weighted by atomic mass is 10.1. The van der Waals surface area contributed by atoms with Gasteiger partial charge in [0.25, 0.3) is 0 Å². The number of nitrogens with one attached hydrogen (secondary N) is 1. The Morgan fingerprint density at radius 1 is 1.41 bits per heavy atom. The van der Waals surface area contributed by atoms with E-state index < -0.39 is 0 Å². The topological polar surface area (TPSA) is 63.8 Å². The molecule has 2 aromatic rings. The molecule has 0 saturated heterocycles. The van der Waals surface area contributed by atoms with E-state index in [4.69, 9.17) is 5.73 Å². The molecule has 2 aromatic heterocycles. The van der Waals surface area contributed by atoms with Crippen LogP contribution in [0.15, 0.2) is 28.4 Å². The number of hydrogen-bond donors (Lipinski definition) is 2. The minimum atomic E-state index is -0.272. The monoisotopic (exact) mass is 312 g/mol. The van der Waals surface area contributed by atoms with Crippen LogP contribution in [-0.2, 0) is 5.54 Å². The molecule has 0 bridgehead atoms. The van der Waals surface area contributed by atoms with Gasteiger partial charge in [-0.1, -0.05) is 0 Å². The Labute approximate surface area is 112 Å². The molecule has 0 unspecified atom stereocenters. The van der Waals surface area contributed by atoms with Crippen molar-refractivity contribution in [3.63, 3.8) is 0 Å². The summed E-state index contributed by atoms with van der Waals surface area (Å²) in [6.07, 6.45) is 5.15. The molecule has 2 heterocycles. The minimum absolute atomic E-state index is 0.272. The number of thiazole rings is 1. The van der Waals surface area contributed by atoms with Gasteiger partial charge in [0.05, 0.1) is 27.6 Å². The highest BCUT2D eigenvalue weighted by atomic mass is 79.9. The van der Waals surface area contributed by atoms with Crippen molar-refractivity contribution in [1.29, 1.82) is 0 Å². The summed E-state index contributed by atoms with van der Waals surface area (Å²) in [5, 5.41) is 6.37. The van der Waals surface area contributed by atoms with Crippen molar-refractivity contribution < 1.29 is 0 Å². The molecule has 2 rings (SSSR count). The van der Waals surface area contributed by atoms with Crippen LogP contribution in [0.4, 0.5) is 11.4 Å². The normalized spacial score (nSPS) is 11.5. The first kappa shape index (κ1) is 12.3. The summed E-state index contributed by atoms with van der Waals surface area (Å²) in [5.41, 5.74) is 7.10. The Hall–Kier alpha value is -1.14. The van der Waals surface area contributed by atoms with E-state index in [1.807, 2.05) is 5.38 Å². The van der Waals surface area contributed by atoms with E-state index in [1.54, 1.807) is 29.9 Å². The number of hydrogen-bond acceptors (Lipinski definition) is 5. The zero-order chi connectivity index (χ0) is 12.5. The Morgan fingerprint density at radius 3 is 2.76 bits per heavy atom. The zero-order valence-corrected chi connectivity index (χ0v) is 12.0. The summed E-state index contributed by atoms with van der Waals surface area (Å²) >= 11 is 5.06. The van der Waals surface area contributed by atoms with Crippen LogP contribution in [0.1, 0.15) is 18.9 Å². The maximum absolute atomic E-state index is 5.91. The number of rotatable bonds is 3. The summed E-state index contributed by atoms with van der Waals surface area (Å²) in [4.78, 5) is 8.34. The molecule has 17 heavy (non-hydrogen) atoms. The third-order valence-electron chi connectivity index (χ3n) is 2.33. The van der Waals surface area contributed by atoms with Crippen LogP contribution in [0.25, 0.3) is 0 Å². The molecule has 0 amide bonds. The number of nitrogen functional groups attached to an aromatic ring is 1. The van der Waals surface area contributed by atoms with Crippen molar-refractivity contribution in [2.24, 2.45) is 0 Å². The summed E-state index contributed by atoms with van der Waals surface area (Å²) in [7, 11) is 0. The van der Waals surface area contributed by atoms with Crippen LogP contribution in [0, 0.1) is 0 Å². The first-order valence-corrected chi connectivity index (χ1v) is 6.75. The number of nitrogens with two attached hydrogens (primary N) is 1. The molecule has 0 fully saturated rings. The molecule has 0 aromatic carbocycles. The largest absolute Gasteiger partial charge is 0.396 e. The molecule has 4 nitrogen and oxygen atoms in total. The van der Waals surface area contributed by atoms with Gasteiger partial charge in [-0.2, -0.15) is 0 Å². The highest BCUT2D eigenvalue weighted by Crippen LogP contribution is 2.34. The van der Waals surface area contributed by atoms with Crippen molar-refractivity contribution in [1.82, 2.24) is 9.97 Å². The molecule has 0 radical (unpaired) electrons. The van der Waals surface area contributed by atoms with Crippen molar-refractivity contribution in [3.8, 4) is 0 Å². The number of halogens is 1. The molecular formula is C11H13BrN4S. The molecule has 0 atom stereocenters. The first-order chi connectivity index (χ1) is 8.00. The predicted molar refractivity (Wildman–Crippen MR) is 75.1 cm³/mol. The maximum atomic E-state index is 5.91. The van der Waals surface area contributed by atoms with Crippen molar-refractivity contribution >= 4 is 38.6 Å². The summed E-state index contributed by atoms with van der Waals surface area (Å²) in [6.45, 7) is 4.14. The number of pyridine rings is 1. The molecule has 6 heteroatoms. The lowest BCUT2D eigenvalue weighted by Gasteiger charge is -2.26. The van der Waals surface area contributed by atoms with Gasteiger partial charge in [-0.05, 0) is 29.8 Å². The summed E-state index contributed by atoms with van der Waals surface area (Å²) in [5.74, 6) is 0. The van der Waals surface area contributed by atoms with Gasteiger partial charge in [-0.25, -0.2) is 4.98 Å². The second kappa shape index (κ2) is 4.62. The molecular weight excluding hydrogens is 300 g/mol. The molecule has 0 aliphatic heterocycles. The van der Waals surface area contributed by atoms with E-state index in [2.05, 4.69) is 45.1 Å². The zero-order valence-electron chi connectivity index (χ0n) is 9.57. The fourth-order valence-corrected chi connectivity index (χ4v) is 2.64. The van der Waals surface area contributed by atoms with Gasteiger partial charge in [-0.15, -0.1) is 11.3 Å². The van der Waals surface area contributed by atoms with Crippen LogP contribution in [0.2, 0.25) is 0 Å². The molecule has 0 spiro atoms. The minimum Gasteiger partial charge on any atom is -0.396 e. The van der Waals surface area contributed by atoms with Crippen LogP contribution in [0.5, 0.6) is 0 Å². The molecule has 0 saturated carbocycles. The average Bonchev–Trinajstić information content (AvgIpc) is 2.77. The van der Waals surface area contributed by atoms with Gasteiger partial charge in [0.1, 0.15) is 5.01 Å². The van der Waals surface area contributed by atoms with E-state index in [0.717, 1.165) is 15.2 Å². The van der Waals surface area contributed by atoms with Crippen LogP contribution < -0.4 is 11.1 Å². The van der Waals surface area contributed by atoms with E-state index in [0.29, 0.717) is 5.69 Å². The Kier molecular flexibility index (Phi) is 3.35.